The summed E-state index contributed by atoms with van der Waals surface area (Å²) in [4.78, 5) is 0. The molecule has 1 rings (SSSR count). The van der Waals surface area contributed by atoms with Gasteiger partial charge >= 0.3 is 0 Å². The zero-order chi connectivity index (χ0) is 10.1. The second-order valence-corrected chi connectivity index (χ2v) is 2.65. The van der Waals surface area contributed by atoms with Gasteiger partial charge in [0.25, 0.3) is 0 Å². The van der Waals surface area contributed by atoms with Gasteiger partial charge in [-0.15, -0.1) is 0 Å². The van der Waals surface area contributed by atoms with Gasteiger partial charge in [0, 0.05) is 6.54 Å². The van der Waals surface area contributed by atoms with E-state index in [1.165, 1.54) is 11.1 Å². The summed E-state index contributed by atoms with van der Waals surface area (Å²) in [6.07, 6.45) is 1.12. The molecule has 1 aromatic rings. The molecule has 1 aromatic carbocycles. The first-order valence-electron chi connectivity index (χ1n) is 5.10. The van der Waals surface area contributed by atoms with Crippen LogP contribution in [0.3, 0.4) is 0 Å². The standard InChI is InChI=1S/C10H15N.C2H6/c1-3-9-6-4-5-7-10(9)8-11-2;1-2/h4-7,11H,3,8H2,1-2H3;1-2H3. The molecule has 0 aliphatic rings. The van der Waals surface area contributed by atoms with Crippen LogP contribution >= 0.6 is 0 Å². The number of aryl methyl sites for hydroxylation is 1. The van der Waals surface area contributed by atoms with E-state index in [0.29, 0.717) is 0 Å². The third kappa shape index (κ3) is 4.09. The van der Waals surface area contributed by atoms with E-state index in [1.54, 1.807) is 0 Å². The Labute approximate surface area is 82.2 Å². The molecule has 1 heteroatoms. The largest absolute Gasteiger partial charge is 0.316 e. The second-order valence-electron chi connectivity index (χ2n) is 2.65. The summed E-state index contributed by atoms with van der Waals surface area (Å²) >= 11 is 0. The fraction of sp³-hybridized carbons (Fsp3) is 0.500. The molecule has 0 fully saturated rings. The van der Waals surface area contributed by atoms with Gasteiger partial charge in [-0.25, -0.2) is 0 Å². The van der Waals surface area contributed by atoms with E-state index in [9.17, 15) is 0 Å². The number of nitrogens with one attached hydrogen (secondary N) is 1. The van der Waals surface area contributed by atoms with Crippen molar-refractivity contribution in [3.8, 4) is 0 Å². The number of hydrogen-bond acceptors (Lipinski definition) is 1. The SMILES string of the molecule is CC.CCc1ccccc1CNC. The lowest BCUT2D eigenvalue weighted by Gasteiger charge is -2.05. The minimum atomic E-state index is 0.976. The van der Waals surface area contributed by atoms with Gasteiger partial charge < -0.3 is 5.32 Å². The maximum absolute atomic E-state index is 3.16. The van der Waals surface area contributed by atoms with Gasteiger partial charge in [-0.2, -0.15) is 0 Å². The summed E-state index contributed by atoms with van der Waals surface area (Å²) < 4.78 is 0. The Morgan fingerprint density at radius 2 is 1.62 bits per heavy atom. The van der Waals surface area contributed by atoms with E-state index >= 15 is 0 Å². The Kier molecular flexibility index (Phi) is 7.32. The Balaban J connectivity index is 0.000000671. The van der Waals surface area contributed by atoms with Crippen LogP contribution in [0.4, 0.5) is 0 Å². The van der Waals surface area contributed by atoms with Crippen molar-refractivity contribution in [1.29, 1.82) is 0 Å². The van der Waals surface area contributed by atoms with Crippen LogP contribution in [0.1, 0.15) is 31.9 Å². The zero-order valence-corrected chi connectivity index (χ0v) is 9.22. The van der Waals surface area contributed by atoms with Gasteiger partial charge in [0.1, 0.15) is 0 Å². The van der Waals surface area contributed by atoms with Crippen molar-refractivity contribution in [2.45, 2.75) is 33.7 Å². The summed E-state index contributed by atoms with van der Waals surface area (Å²) in [5, 5.41) is 3.16. The summed E-state index contributed by atoms with van der Waals surface area (Å²) in [6.45, 7) is 7.17. The highest BCUT2D eigenvalue weighted by Gasteiger charge is 1.95. The van der Waals surface area contributed by atoms with Crippen molar-refractivity contribution in [1.82, 2.24) is 5.32 Å². The molecular weight excluding hydrogens is 158 g/mol. The molecule has 0 heterocycles. The van der Waals surface area contributed by atoms with Crippen molar-refractivity contribution < 1.29 is 0 Å². The zero-order valence-electron chi connectivity index (χ0n) is 9.22. The predicted molar refractivity (Wildman–Crippen MR) is 59.9 cm³/mol. The number of rotatable bonds is 3. The minimum absolute atomic E-state index is 0.976. The first kappa shape index (κ1) is 12.2. The maximum Gasteiger partial charge on any atom is 0.0205 e. The fourth-order valence-electron chi connectivity index (χ4n) is 1.27. The normalized spacial score (nSPS) is 8.92. The van der Waals surface area contributed by atoms with Gasteiger partial charge in [-0.05, 0) is 24.6 Å². The van der Waals surface area contributed by atoms with Gasteiger partial charge in [0.05, 0.1) is 0 Å². The van der Waals surface area contributed by atoms with Crippen molar-refractivity contribution >= 4 is 0 Å². The van der Waals surface area contributed by atoms with Crippen LogP contribution < -0.4 is 5.32 Å². The Morgan fingerprint density at radius 3 is 2.08 bits per heavy atom. The molecule has 0 unspecified atom stereocenters. The van der Waals surface area contributed by atoms with Crippen LogP contribution in [0, 0.1) is 0 Å². The number of hydrogen-bond donors (Lipinski definition) is 1. The monoisotopic (exact) mass is 179 g/mol. The smallest absolute Gasteiger partial charge is 0.0205 e. The summed E-state index contributed by atoms with van der Waals surface area (Å²) in [5.41, 5.74) is 2.86. The molecule has 74 valence electrons. The van der Waals surface area contributed by atoms with Crippen LogP contribution in [0.15, 0.2) is 24.3 Å². The third-order valence-electron chi connectivity index (χ3n) is 1.87. The van der Waals surface area contributed by atoms with Gasteiger partial charge in [0.2, 0.25) is 0 Å². The molecule has 0 saturated heterocycles. The molecule has 0 aliphatic carbocycles. The molecule has 0 bridgehead atoms. The van der Waals surface area contributed by atoms with Crippen LogP contribution in [0.5, 0.6) is 0 Å². The van der Waals surface area contributed by atoms with Crippen LogP contribution in [-0.2, 0) is 13.0 Å². The summed E-state index contributed by atoms with van der Waals surface area (Å²) in [7, 11) is 1.98. The highest BCUT2D eigenvalue weighted by Crippen LogP contribution is 2.08. The van der Waals surface area contributed by atoms with E-state index in [1.807, 2.05) is 20.9 Å². The Hall–Kier alpha value is -0.820. The lowest BCUT2D eigenvalue weighted by Crippen LogP contribution is -2.07. The van der Waals surface area contributed by atoms with Crippen LogP contribution in [-0.4, -0.2) is 7.05 Å². The van der Waals surface area contributed by atoms with Gasteiger partial charge in [-0.1, -0.05) is 45.0 Å². The van der Waals surface area contributed by atoms with Gasteiger partial charge in [0.15, 0.2) is 0 Å². The topological polar surface area (TPSA) is 12.0 Å². The molecule has 0 aliphatic heterocycles. The first-order valence-corrected chi connectivity index (χ1v) is 5.10. The van der Waals surface area contributed by atoms with Crippen molar-refractivity contribution in [2.24, 2.45) is 0 Å². The van der Waals surface area contributed by atoms with Crippen molar-refractivity contribution in [2.75, 3.05) is 7.05 Å². The highest BCUT2D eigenvalue weighted by atomic mass is 14.8. The molecule has 0 radical (unpaired) electrons. The van der Waals surface area contributed by atoms with Crippen LogP contribution in [0.25, 0.3) is 0 Å². The van der Waals surface area contributed by atoms with E-state index in [4.69, 9.17) is 0 Å². The summed E-state index contributed by atoms with van der Waals surface area (Å²) in [5.74, 6) is 0. The third-order valence-corrected chi connectivity index (χ3v) is 1.87. The highest BCUT2D eigenvalue weighted by molar-refractivity contribution is 5.26. The molecule has 0 saturated carbocycles. The Bertz CT molecular complexity index is 218. The Morgan fingerprint density at radius 1 is 1.08 bits per heavy atom. The molecular formula is C12H21N. The average Bonchev–Trinajstić information content (AvgIpc) is 2.22. The maximum atomic E-state index is 3.16. The fourth-order valence-corrected chi connectivity index (χ4v) is 1.27. The molecule has 13 heavy (non-hydrogen) atoms. The lowest BCUT2D eigenvalue weighted by molar-refractivity contribution is 0.806. The molecule has 0 amide bonds. The molecule has 1 nitrogen and oxygen atoms in total. The van der Waals surface area contributed by atoms with Gasteiger partial charge in [-0.3, -0.25) is 0 Å². The summed E-state index contributed by atoms with van der Waals surface area (Å²) in [6, 6.07) is 8.55. The first-order chi connectivity index (χ1) is 6.38. The minimum Gasteiger partial charge on any atom is -0.316 e. The van der Waals surface area contributed by atoms with E-state index < -0.39 is 0 Å². The average molecular weight is 179 g/mol. The number of benzene rings is 1. The van der Waals surface area contributed by atoms with Crippen molar-refractivity contribution in [3.63, 3.8) is 0 Å². The second kappa shape index (κ2) is 7.81. The van der Waals surface area contributed by atoms with E-state index in [0.717, 1.165) is 13.0 Å². The van der Waals surface area contributed by atoms with E-state index in [-0.39, 0.29) is 0 Å². The molecule has 0 aromatic heterocycles. The lowest BCUT2D eigenvalue weighted by atomic mass is 10.1. The molecule has 0 spiro atoms. The molecule has 1 N–H and O–H groups in total. The quantitative estimate of drug-likeness (QED) is 0.752. The van der Waals surface area contributed by atoms with Crippen molar-refractivity contribution in [3.05, 3.63) is 35.4 Å². The van der Waals surface area contributed by atoms with Crippen LogP contribution in [0.2, 0.25) is 0 Å². The van der Waals surface area contributed by atoms with E-state index in [2.05, 4.69) is 36.5 Å². The molecule has 0 atom stereocenters. The predicted octanol–water partition coefficient (Wildman–Crippen LogP) is 2.99.